The predicted molar refractivity (Wildman–Crippen MR) is 87.0 cm³/mol. The van der Waals surface area contributed by atoms with Gasteiger partial charge in [-0.15, -0.1) is 0 Å². The number of nitrogens with two attached hydrogens (primary N) is 1. The molecule has 0 amide bonds. The van der Waals surface area contributed by atoms with Gasteiger partial charge < -0.3 is 15.2 Å². The molecular weight excluding hydrogens is 256 g/mol. The Morgan fingerprint density at radius 3 is 2.42 bits per heavy atom. The number of benzene rings is 1. The Bertz CT molecular complexity index is 425. The second-order valence-electron chi connectivity index (χ2n) is 6.20. The number of hydrogen-bond donors (Lipinski definition) is 2. The van der Waals surface area contributed by atoms with Crippen molar-refractivity contribution in [2.75, 3.05) is 23.3 Å². The van der Waals surface area contributed by atoms with Crippen LogP contribution in [0.2, 0.25) is 0 Å². The van der Waals surface area contributed by atoms with Crippen LogP contribution in [0.15, 0.2) is 12.1 Å². The summed E-state index contributed by atoms with van der Waals surface area (Å²) in [6.45, 7) is 10.9. The predicted octanol–water partition coefficient (Wildman–Crippen LogP) is 4.29. The van der Waals surface area contributed by atoms with Crippen molar-refractivity contribution in [3.63, 3.8) is 0 Å². The standard InChI is InChI=1S/C15H26N2OS/c1-10(2)9-19-17-13-8-11(15(3,4)5)7-12(16)14(13)18-6/h7-8,10,17H,9,16H2,1-6H3. The van der Waals surface area contributed by atoms with E-state index in [1.54, 1.807) is 19.1 Å². The van der Waals surface area contributed by atoms with E-state index in [0.717, 1.165) is 17.2 Å². The van der Waals surface area contributed by atoms with Gasteiger partial charge in [0.05, 0.1) is 18.5 Å². The van der Waals surface area contributed by atoms with Gasteiger partial charge in [-0.2, -0.15) is 0 Å². The number of methoxy groups -OCH3 is 1. The lowest BCUT2D eigenvalue weighted by atomic mass is 9.86. The van der Waals surface area contributed by atoms with E-state index in [1.165, 1.54) is 5.56 Å². The molecule has 1 aromatic rings. The second-order valence-corrected chi connectivity index (χ2v) is 7.03. The van der Waals surface area contributed by atoms with Crippen molar-refractivity contribution in [3.05, 3.63) is 17.7 Å². The van der Waals surface area contributed by atoms with E-state index >= 15 is 0 Å². The largest absolute Gasteiger partial charge is 0.492 e. The van der Waals surface area contributed by atoms with Crippen molar-refractivity contribution >= 4 is 23.3 Å². The molecule has 0 aliphatic rings. The van der Waals surface area contributed by atoms with Gasteiger partial charge in [0.1, 0.15) is 0 Å². The van der Waals surface area contributed by atoms with Crippen molar-refractivity contribution in [1.82, 2.24) is 0 Å². The zero-order valence-corrected chi connectivity index (χ0v) is 13.6. The SMILES string of the molecule is COc1c(N)cc(C(C)(C)C)cc1NSCC(C)C. The smallest absolute Gasteiger partial charge is 0.165 e. The molecule has 0 aliphatic carbocycles. The van der Waals surface area contributed by atoms with Crippen LogP contribution in [-0.4, -0.2) is 12.9 Å². The van der Waals surface area contributed by atoms with E-state index in [-0.39, 0.29) is 5.41 Å². The minimum Gasteiger partial charge on any atom is -0.492 e. The minimum atomic E-state index is 0.0690. The van der Waals surface area contributed by atoms with Gasteiger partial charge in [0.25, 0.3) is 0 Å². The molecule has 108 valence electrons. The van der Waals surface area contributed by atoms with Gasteiger partial charge in [0.2, 0.25) is 0 Å². The number of rotatable bonds is 5. The van der Waals surface area contributed by atoms with Crippen molar-refractivity contribution in [2.24, 2.45) is 5.92 Å². The zero-order chi connectivity index (χ0) is 14.6. The van der Waals surface area contributed by atoms with E-state index in [2.05, 4.69) is 45.4 Å². The van der Waals surface area contributed by atoms with E-state index < -0.39 is 0 Å². The van der Waals surface area contributed by atoms with Crippen LogP contribution < -0.4 is 15.2 Å². The fourth-order valence-corrected chi connectivity index (χ4v) is 2.40. The zero-order valence-electron chi connectivity index (χ0n) is 12.8. The van der Waals surface area contributed by atoms with Crippen LogP contribution in [0.3, 0.4) is 0 Å². The van der Waals surface area contributed by atoms with Crippen molar-refractivity contribution in [3.8, 4) is 5.75 Å². The summed E-state index contributed by atoms with van der Waals surface area (Å²) in [4.78, 5) is 0. The number of nitrogen functional groups attached to an aromatic ring is 1. The average Bonchev–Trinajstić information content (AvgIpc) is 2.26. The maximum absolute atomic E-state index is 6.09. The summed E-state index contributed by atoms with van der Waals surface area (Å²) in [5.41, 5.74) is 9.00. The average molecular weight is 282 g/mol. The van der Waals surface area contributed by atoms with Crippen LogP contribution in [0.1, 0.15) is 40.2 Å². The Morgan fingerprint density at radius 1 is 1.32 bits per heavy atom. The molecule has 0 saturated heterocycles. The topological polar surface area (TPSA) is 47.3 Å². The summed E-state index contributed by atoms with van der Waals surface area (Å²) in [6, 6.07) is 4.12. The maximum atomic E-state index is 6.09. The fourth-order valence-electron chi connectivity index (χ4n) is 1.67. The van der Waals surface area contributed by atoms with E-state index in [9.17, 15) is 0 Å². The molecule has 1 rings (SSSR count). The Kier molecular flexibility index (Phi) is 5.41. The molecule has 0 radical (unpaired) electrons. The number of anilines is 2. The Balaban J connectivity index is 3.02. The van der Waals surface area contributed by atoms with Gasteiger partial charge in [0, 0.05) is 5.75 Å². The van der Waals surface area contributed by atoms with Crippen LogP contribution >= 0.6 is 11.9 Å². The molecule has 0 aromatic heterocycles. The maximum Gasteiger partial charge on any atom is 0.165 e. The normalized spacial score (nSPS) is 11.7. The molecule has 0 atom stereocenters. The highest BCUT2D eigenvalue weighted by molar-refractivity contribution is 8.00. The van der Waals surface area contributed by atoms with Gasteiger partial charge >= 0.3 is 0 Å². The fraction of sp³-hybridized carbons (Fsp3) is 0.600. The minimum absolute atomic E-state index is 0.0690. The lowest BCUT2D eigenvalue weighted by Crippen LogP contribution is -2.12. The first kappa shape index (κ1) is 16.0. The third kappa shape index (κ3) is 4.53. The third-order valence-corrected chi connectivity index (χ3v) is 3.98. The Morgan fingerprint density at radius 2 is 1.95 bits per heavy atom. The molecule has 3 N–H and O–H groups in total. The highest BCUT2D eigenvalue weighted by Crippen LogP contribution is 2.38. The van der Waals surface area contributed by atoms with Crippen molar-refractivity contribution < 1.29 is 4.74 Å². The quantitative estimate of drug-likeness (QED) is 0.624. The first-order valence-electron chi connectivity index (χ1n) is 6.61. The molecule has 0 aliphatic heterocycles. The summed E-state index contributed by atoms with van der Waals surface area (Å²) in [5, 5.41) is 0. The molecule has 0 bridgehead atoms. The van der Waals surface area contributed by atoms with Gasteiger partial charge in [-0.05, 0) is 29.0 Å². The second kappa shape index (κ2) is 6.42. The molecule has 0 fully saturated rings. The van der Waals surface area contributed by atoms with Crippen LogP contribution in [0.5, 0.6) is 5.75 Å². The van der Waals surface area contributed by atoms with E-state index in [0.29, 0.717) is 11.6 Å². The van der Waals surface area contributed by atoms with Crippen molar-refractivity contribution in [1.29, 1.82) is 0 Å². The van der Waals surface area contributed by atoms with Gasteiger partial charge in [-0.25, -0.2) is 0 Å². The van der Waals surface area contributed by atoms with E-state index in [1.807, 2.05) is 6.07 Å². The van der Waals surface area contributed by atoms with Crippen LogP contribution in [0.4, 0.5) is 11.4 Å². The van der Waals surface area contributed by atoms with Gasteiger partial charge in [-0.3, -0.25) is 0 Å². The molecule has 0 unspecified atom stereocenters. The molecular formula is C15H26N2OS. The lowest BCUT2D eigenvalue weighted by molar-refractivity contribution is 0.418. The van der Waals surface area contributed by atoms with Crippen LogP contribution in [-0.2, 0) is 5.41 Å². The highest BCUT2D eigenvalue weighted by atomic mass is 32.2. The van der Waals surface area contributed by atoms with Crippen LogP contribution in [0, 0.1) is 5.92 Å². The van der Waals surface area contributed by atoms with Crippen LogP contribution in [0.25, 0.3) is 0 Å². The number of ether oxygens (including phenoxy) is 1. The summed E-state index contributed by atoms with van der Waals surface area (Å²) >= 11 is 1.69. The first-order chi connectivity index (χ1) is 8.75. The molecule has 19 heavy (non-hydrogen) atoms. The molecule has 3 nitrogen and oxygen atoms in total. The summed E-state index contributed by atoms with van der Waals surface area (Å²) in [6.07, 6.45) is 0. The first-order valence-corrected chi connectivity index (χ1v) is 7.60. The van der Waals surface area contributed by atoms with Gasteiger partial charge in [-0.1, -0.05) is 46.6 Å². The van der Waals surface area contributed by atoms with Crippen molar-refractivity contribution in [2.45, 2.75) is 40.0 Å². The summed E-state index contributed by atoms with van der Waals surface area (Å²) in [5.74, 6) is 2.42. The highest BCUT2D eigenvalue weighted by Gasteiger charge is 2.18. The Hall–Kier alpha value is -1.03. The monoisotopic (exact) mass is 282 g/mol. The summed E-state index contributed by atoms with van der Waals surface area (Å²) < 4.78 is 8.76. The molecule has 0 spiro atoms. The number of nitrogens with one attached hydrogen (secondary N) is 1. The lowest BCUT2D eigenvalue weighted by Gasteiger charge is -2.22. The van der Waals surface area contributed by atoms with E-state index in [4.69, 9.17) is 10.5 Å². The molecule has 0 saturated carbocycles. The summed E-state index contributed by atoms with van der Waals surface area (Å²) in [7, 11) is 1.65. The number of hydrogen-bond acceptors (Lipinski definition) is 4. The molecule has 4 heteroatoms. The molecule has 1 aromatic carbocycles. The third-order valence-electron chi connectivity index (χ3n) is 2.79. The Labute approximate surface area is 121 Å². The van der Waals surface area contributed by atoms with Gasteiger partial charge in [0.15, 0.2) is 5.75 Å². The molecule has 0 heterocycles.